The second-order valence-corrected chi connectivity index (χ2v) is 6.08. The number of nitrogens with one attached hydrogen (secondary N) is 1. The number of esters is 1. The second-order valence-electron chi connectivity index (χ2n) is 6.08. The van der Waals surface area contributed by atoms with Crippen molar-refractivity contribution in [2.24, 2.45) is 5.92 Å². The Morgan fingerprint density at radius 1 is 1.14 bits per heavy atom. The Kier molecular flexibility index (Phi) is 9.21. The van der Waals surface area contributed by atoms with Crippen molar-refractivity contribution in [1.29, 1.82) is 0 Å². The molecule has 0 bridgehead atoms. The first-order chi connectivity index (χ1) is 10.2. The van der Waals surface area contributed by atoms with Gasteiger partial charge in [-0.15, -0.1) is 0 Å². The highest BCUT2D eigenvalue weighted by molar-refractivity contribution is 5.73. The number of carboxylic acid groups (broad SMARTS) is 1. The molecular weight excluding hydrogens is 290 g/mol. The van der Waals surface area contributed by atoms with Crippen LogP contribution in [0.15, 0.2) is 0 Å². The molecule has 0 aliphatic heterocycles. The van der Waals surface area contributed by atoms with Gasteiger partial charge in [-0.05, 0) is 40.0 Å². The number of methoxy groups -OCH3 is 1. The summed E-state index contributed by atoms with van der Waals surface area (Å²) in [6.45, 7) is 5.81. The van der Waals surface area contributed by atoms with E-state index in [9.17, 15) is 14.4 Å². The van der Waals surface area contributed by atoms with Crippen LogP contribution in [-0.2, 0) is 19.1 Å². The number of carbonyl (C=O) groups is 3. The summed E-state index contributed by atoms with van der Waals surface area (Å²) in [6, 6.07) is 0. The van der Waals surface area contributed by atoms with Gasteiger partial charge in [-0.25, -0.2) is 4.79 Å². The zero-order chi connectivity index (χ0) is 17.2. The number of ether oxygens (including phenoxy) is 2. The van der Waals surface area contributed by atoms with Crippen molar-refractivity contribution < 1.29 is 29.0 Å². The average molecular weight is 317 g/mol. The Bertz CT molecular complexity index is 375. The molecule has 0 heterocycles. The topological polar surface area (TPSA) is 102 Å². The van der Waals surface area contributed by atoms with Gasteiger partial charge in [-0.1, -0.05) is 6.42 Å². The van der Waals surface area contributed by atoms with Crippen molar-refractivity contribution in [2.75, 3.05) is 13.7 Å². The highest BCUT2D eigenvalue weighted by Gasteiger charge is 2.20. The normalized spacial score (nSPS) is 12.4. The van der Waals surface area contributed by atoms with Crippen molar-refractivity contribution >= 4 is 18.0 Å². The number of alkyl carbamates (subject to hydrolysis) is 1. The van der Waals surface area contributed by atoms with E-state index in [2.05, 4.69) is 10.1 Å². The van der Waals surface area contributed by atoms with Crippen LogP contribution in [0, 0.1) is 5.92 Å². The Hall–Kier alpha value is -1.79. The Morgan fingerprint density at radius 3 is 2.27 bits per heavy atom. The third-order valence-corrected chi connectivity index (χ3v) is 2.89. The number of carbonyl (C=O) groups excluding carboxylic acids is 2. The lowest BCUT2D eigenvalue weighted by molar-refractivity contribution is -0.146. The number of amides is 1. The van der Waals surface area contributed by atoms with Gasteiger partial charge >= 0.3 is 18.0 Å². The lowest BCUT2D eigenvalue weighted by atomic mass is 9.97. The van der Waals surface area contributed by atoms with Gasteiger partial charge < -0.3 is 19.9 Å². The molecule has 0 aromatic rings. The van der Waals surface area contributed by atoms with E-state index >= 15 is 0 Å². The molecule has 7 nitrogen and oxygen atoms in total. The maximum Gasteiger partial charge on any atom is 0.407 e. The first-order valence-electron chi connectivity index (χ1n) is 7.42. The Balaban J connectivity index is 3.95. The zero-order valence-electron chi connectivity index (χ0n) is 13.8. The van der Waals surface area contributed by atoms with E-state index in [0.29, 0.717) is 25.8 Å². The molecule has 0 saturated heterocycles. The molecule has 0 fully saturated rings. The van der Waals surface area contributed by atoms with Crippen LogP contribution >= 0.6 is 0 Å². The van der Waals surface area contributed by atoms with Crippen molar-refractivity contribution in [3.05, 3.63) is 0 Å². The summed E-state index contributed by atoms with van der Waals surface area (Å²) in [4.78, 5) is 33.5. The van der Waals surface area contributed by atoms with Crippen LogP contribution in [0.5, 0.6) is 0 Å². The van der Waals surface area contributed by atoms with Gasteiger partial charge in [-0.2, -0.15) is 0 Å². The number of rotatable bonds is 9. The molecule has 2 N–H and O–H groups in total. The number of unbranched alkanes of at least 4 members (excludes halogenated alkanes) is 1. The minimum absolute atomic E-state index is 0.0596. The third-order valence-electron chi connectivity index (χ3n) is 2.89. The van der Waals surface area contributed by atoms with Gasteiger partial charge in [0.1, 0.15) is 5.60 Å². The summed E-state index contributed by atoms with van der Waals surface area (Å²) in [7, 11) is 1.29. The SMILES string of the molecule is COC(=O)[C@H](CCCCNC(=O)OC(C)(C)C)CCC(=O)O. The van der Waals surface area contributed by atoms with E-state index in [4.69, 9.17) is 9.84 Å². The fourth-order valence-corrected chi connectivity index (χ4v) is 1.86. The van der Waals surface area contributed by atoms with E-state index in [1.54, 1.807) is 20.8 Å². The predicted octanol–water partition coefficient (Wildman–Crippen LogP) is 2.34. The molecule has 0 radical (unpaired) electrons. The lowest BCUT2D eigenvalue weighted by Gasteiger charge is -2.19. The van der Waals surface area contributed by atoms with Gasteiger partial charge in [0, 0.05) is 13.0 Å². The summed E-state index contributed by atoms with van der Waals surface area (Å²) in [5.74, 6) is -1.73. The van der Waals surface area contributed by atoms with E-state index in [-0.39, 0.29) is 18.8 Å². The predicted molar refractivity (Wildman–Crippen MR) is 80.5 cm³/mol. The fraction of sp³-hybridized carbons (Fsp3) is 0.800. The quantitative estimate of drug-likeness (QED) is 0.500. The van der Waals surface area contributed by atoms with Gasteiger partial charge in [0.25, 0.3) is 0 Å². The molecule has 0 aromatic heterocycles. The fourth-order valence-electron chi connectivity index (χ4n) is 1.86. The number of carboxylic acids is 1. The van der Waals surface area contributed by atoms with Crippen molar-refractivity contribution in [3.8, 4) is 0 Å². The molecule has 0 aromatic carbocycles. The van der Waals surface area contributed by atoms with E-state index < -0.39 is 23.6 Å². The molecule has 1 amide bonds. The minimum atomic E-state index is -0.930. The standard InChI is InChI=1S/C15H27NO6/c1-15(2,3)22-14(20)16-10-6-5-7-11(13(19)21-4)8-9-12(17)18/h11H,5-10H2,1-4H3,(H,16,20)(H,17,18)/t11-/m1/s1. The molecule has 1 atom stereocenters. The highest BCUT2D eigenvalue weighted by Crippen LogP contribution is 2.16. The van der Waals surface area contributed by atoms with Crippen molar-refractivity contribution in [2.45, 2.75) is 58.5 Å². The van der Waals surface area contributed by atoms with Crippen LogP contribution < -0.4 is 5.32 Å². The smallest absolute Gasteiger partial charge is 0.407 e. The summed E-state index contributed by atoms with van der Waals surface area (Å²) < 4.78 is 9.77. The largest absolute Gasteiger partial charge is 0.481 e. The Morgan fingerprint density at radius 2 is 1.77 bits per heavy atom. The third kappa shape index (κ3) is 10.9. The first-order valence-corrected chi connectivity index (χ1v) is 7.42. The molecule has 22 heavy (non-hydrogen) atoms. The number of hydrogen-bond acceptors (Lipinski definition) is 5. The minimum Gasteiger partial charge on any atom is -0.481 e. The maximum absolute atomic E-state index is 11.5. The molecule has 0 aliphatic carbocycles. The van der Waals surface area contributed by atoms with Crippen LogP contribution in [0.25, 0.3) is 0 Å². The first kappa shape index (κ1) is 20.2. The molecule has 128 valence electrons. The molecule has 0 rings (SSSR count). The molecular formula is C15H27NO6. The second kappa shape index (κ2) is 10.0. The molecule has 0 aliphatic rings. The molecule has 0 saturated carbocycles. The summed E-state index contributed by atoms with van der Waals surface area (Å²) >= 11 is 0. The summed E-state index contributed by atoms with van der Waals surface area (Å²) in [6.07, 6.45) is 1.64. The van der Waals surface area contributed by atoms with Crippen molar-refractivity contribution in [3.63, 3.8) is 0 Å². The molecule has 0 unspecified atom stereocenters. The monoisotopic (exact) mass is 317 g/mol. The summed E-state index contributed by atoms with van der Waals surface area (Å²) in [5, 5.41) is 11.3. The van der Waals surface area contributed by atoms with Gasteiger partial charge in [0.2, 0.25) is 0 Å². The van der Waals surface area contributed by atoms with E-state index in [0.717, 1.165) is 0 Å². The maximum atomic E-state index is 11.5. The average Bonchev–Trinajstić information content (AvgIpc) is 2.38. The number of hydrogen-bond donors (Lipinski definition) is 2. The van der Waals surface area contributed by atoms with Gasteiger partial charge in [-0.3, -0.25) is 9.59 Å². The highest BCUT2D eigenvalue weighted by atomic mass is 16.6. The number of aliphatic carboxylic acids is 1. The molecule has 0 spiro atoms. The van der Waals surface area contributed by atoms with E-state index in [1.807, 2.05) is 0 Å². The lowest BCUT2D eigenvalue weighted by Crippen LogP contribution is -2.33. The van der Waals surface area contributed by atoms with Crippen LogP contribution in [0.3, 0.4) is 0 Å². The summed E-state index contributed by atoms with van der Waals surface area (Å²) in [5.41, 5.74) is -0.531. The van der Waals surface area contributed by atoms with Crippen LogP contribution in [0.2, 0.25) is 0 Å². The Labute approximate surface area is 131 Å². The van der Waals surface area contributed by atoms with Crippen LogP contribution in [0.4, 0.5) is 4.79 Å². The zero-order valence-corrected chi connectivity index (χ0v) is 13.8. The van der Waals surface area contributed by atoms with Crippen LogP contribution in [-0.4, -0.2) is 42.4 Å². The van der Waals surface area contributed by atoms with Gasteiger partial charge in [0.15, 0.2) is 0 Å². The van der Waals surface area contributed by atoms with Gasteiger partial charge in [0.05, 0.1) is 13.0 Å². The molecule has 7 heteroatoms. The van der Waals surface area contributed by atoms with E-state index in [1.165, 1.54) is 7.11 Å². The van der Waals surface area contributed by atoms with Crippen molar-refractivity contribution in [1.82, 2.24) is 5.32 Å². The van der Waals surface area contributed by atoms with Crippen LogP contribution in [0.1, 0.15) is 52.9 Å².